The average molecular weight is 346 g/mol. The Labute approximate surface area is 140 Å². The Morgan fingerprint density at radius 1 is 1.21 bits per heavy atom. The van der Waals surface area contributed by atoms with Crippen LogP contribution in [-0.4, -0.2) is 38.3 Å². The van der Waals surface area contributed by atoms with Crippen molar-refractivity contribution in [2.24, 2.45) is 0 Å². The quantitative estimate of drug-likeness (QED) is 0.710. The molecule has 3 rings (SSSR count). The largest absolute Gasteiger partial charge is 0.496 e. The Kier molecular flexibility index (Phi) is 4.29. The van der Waals surface area contributed by atoms with Gasteiger partial charge in [0, 0.05) is 13.1 Å². The first-order valence-electron chi connectivity index (χ1n) is 7.33. The van der Waals surface area contributed by atoms with Crippen LogP contribution in [0.4, 0.5) is 0 Å². The lowest BCUT2D eigenvalue weighted by Crippen LogP contribution is -2.24. The first-order valence-corrected chi connectivity index (χ1v) is 9.18. The molecule has 0 amide bonds. The topological polar surface area (TPSA) is 72.6 Å². The van der Waals surface area contributed by atoms with E-state index in [1.54, 1.807) is 13.2 Å². The van der Waals surface area contributed by atoms with Gasteiger partial charge in [-0.1, -0.05) is 35.5 Å². The van der Waals surface area contributed by atoms with Crippen LogP contribution in [0.2, 0.25) is 0 Å². The summed E-state index contributed by atoms with van der Waals surface area (Å²) in [4.78, 5) is 0. The van der Waals surface area contributed by atoms with E-state index in [1.807, 2.05) is 36.4 Å². The van der Waals surface area contributed by atoms with Gasteiger partial charge in [0.05, 0.1) is 25.5 Å². The second-order valence-electron chi connectivity index (χ2n) is 5.56. The van der Waals surface area contributed by atoms with Crippen molar-refractivity contribution >= 4 is 20.8 Å². The number of hydrogen-bond donors (Lipinski definition) is 0. The molecular weight excluding hydrogens is 328 g/mol. The van der Waals surface area contributed by atoms with Crippen molar-refractivity contribution < 1.29 is 17.7 Å². The van der Waals surface area contributed by atoms with E-state index in [0.717, 1.165) is 22.6 Å². The molecule has 24 heavy (non-hydrogen) atoms. The smallest absolute Gasteiger partial charge is 0.211 e. The third-order valence-electron chi connectivity index (χ3n) is 3.87. The minimum absolute atomic E-state index is 0.124. The van der Waals surface area contributed by atoms with E-state index in [0.29, 0.717) is 17.2 Å². The van der Waals surface area contributed by atoms with Gasteiger partial charge in [-0.3, -0.25) is 0 Å². The number of benzene rings is 2. The van der Waals surface area contributed by atoms with E-state index in [1.165, 1.54) is 11.4 Å². The molecule has 0 N–H and O–H groups in total. The summed E-state index contributed by atoms with van der Waals surface area (Å²) < 4.78 is 35.1. The molecule has 0 saturated carbocycles. The Hall–Kier alpha value is -2.38. The number of hydrogen-bond acceptors (Lipinski definition) is 5. The fraction of sp³-hybridized carbons (Fsp3) is 0.235. The Morgan fingerprint density at radius 2 is 1.96 bits per heavy atom. The highest BCUT2D eigenvalue weighted by Gasteiger charge is 2.18. The predicted molar refractivity (Wildman–Crippen MR) is 92.3 cm³/mol. The van der Waals surface area contributed by atoms with Gasteiger partial charge in [0.25, 0.3) is 0 Å². The lowest BCUT2D eigenvalue weighted by molar-refractivity contribution is 0.345. The van der Waals surface area contributed by atoms with Gasteiger partial charge < -0.3 is 9.26 Å². The second-order valence-corrected chi connectivity index (χ2v) is 7.65. The van der Waals surface area contributed by atoms with Crippen LogP contribution in [0.3, 0.4) is 0 Å². The molecular formula is C17H18N2O4S. The summed E-state index contributed by atoms with van der Waals surface area (Å²) in [6.07, 6.45) is 1.15. The second kappa shape index (κ2) is 6.26. The third kappa shape index (κ3) is 3.13. The lowest BCUT2D eigenvalue weighted by atomic mass is 10.0. The van der Waals surface area contributed by atoms with Crippen molar-refractivity contribution in [1.82, 2.24) is 9.46 Å². The summed E-state index contributed by atoms with van der Waals surface area (Å²) in [6, 6.07) is 13.5. The van der Waals surface area contributed by atoms with Gasteiger partial charge in [0.1, 0.15) is 11.4 Å². The molecule has 0 bridgehead atoms. The summed E-state index contributed by atoms with van der Waals surface area (Å²) in [7, 11) is -0.184. The number of nitrogens with zero attached hydrogens (tertiary/aromatic N) is 2. The van der Waals surface area contributed by atoms with Crippen LogP contribution in [0.25, 0.3) is 22.0 Å². The summed E-state index contributed by atoms with van der Waals surface area (Å²) in [5, 5.41) is 6.16. The molecule has 1 aromatic heterocycles. The molecule has 126 valence electrons. The minimum Gasteiger partial charge on any atom is -0.496 e. The highest BCUT2D eigenvalue weighted by atomic mass is 32.2. The van der Waals surface area contributed by atoms with Crippen molar-refractivity contribution in [3.63, 3.8) is 0 Å². The number of ether oxygens (including phenoxy) is 1. The van der Waals surface area contributed by atoms with E-state index in [9.17, 15) is 8.42 Å². The van der Waals surface area contributed by atoms with Crippen molar-refractivity contribution in [2.75, 3.05) is 20.4 Å². The number of rotatable bonds is 5. The van der Waals surface area contributed by atoms with Crippen LogP contribution in [0.1, 0.15) is 5.76 Å². The van der Waals surface area contributed by atoms with Gasteiger partial charge in [-0.25, -0.2) is 8.42 Å². The highest BCUT2D eigenvalue weighted by molar-refractivity contribution is 7.88. The van der Waals surface area contributed by atoms with Gasteiger partial charge in [-0.2, -0.15) is 4.31 Å². The van der Waals surface area contributed by atoms with Crippen LogP contribution in [0.5, 0.6) is 5.75 Å². The molecule has 0 atom stereocenters. The van der Waals surface area contributed by atoms with Crippen LogP contribution < -0.4 is 4.74 Å². The monoisotopic (exact) mass is 346 g/mol. The van der Waals surface area contributed by atoms with Gasteiger partial charge in [0.15, 0.2) is 5.76 Å². The van der Waals surface area contributed by atoms with Crippen LogP contribution in [0.15, 0.2) is 47.0 Å². The average Bonchev–Trinajstić information content (AvgIpc) is 3.00. The standard InChI is InChI=1S/C17H18N2O4S/c1-19(24(3,20)21)11-13-10-15(18-23-13)17-14-7-5-4-6-12(14)8-9-16(17)22-2/h4-10H,11H2,1-3H3. The lowest BCUT2D eigenvalue weighted by Gasteiger charge is -2.11. The van der Waals surface area contributed by atoms with E-state index < -0.39 is 10.0 Å². The third-order valence-corrected chi connectivity index (χ3v) is 5.13. The molecule has 0 fully saturated rings. The summed E-state index contributed by atoms with van der Waals surface area (Å²) >= 11 is 0. The summed E-state index contributed by atoms with van der Waals surface area (Å²) in [6.45, 7) is 0.124. The fourth-order valence-electron chi connectivity index (χ4n) is 2.53. The van der Waals surface area contributed by atoms with Crippen molar-refractivity contribution in [3.05, 3.63) is 48.2 Å². The van der Waals surface area contributed by atoms with Gasteiger partial charge >= 0.3 is 0 Å². The van der Waals surface area contributed by atoms with Crippen LogP contribution >= 0.6 is 0 Å². The fourth-order valence-corrected chi connectivity index (χ4v) is 2.89. The predicted octanol–water partition coefficient (Wildman–Crippen LogP) is 2.89. The first-order chi connectivity index (χ1) is 11.4. The van der Waals surface area contributed by atoms with Gasteiger partial charge in [-0.05, 0) is 16.8 Å². The van der Waals surface area contributed by atoms with Crippen LogP contribution in [0, 0.1) is 0 Å². The Bertz CT molecular complexity index is 979. The number of fused-ring (bicyclic) bond motifs is 1. The Morgan fingerprint density at radius 3 is 2.67 bits per heavy atom. The first kappa shape index (κ1) is 16.5. The maximum absolute atomic E-state index is 11.5. The normalized spacial score (nSPS) is 12.0. The summed E-state index contributed by atoms with van der Waals surface area (Å²) in [5.41, 5.74) is 1.44. The molecule has 3 aromatic rings. The van der Waals surface area contributed by atoms with E-state index >= 15 is 0 Å². The molecule has 0 radical (unpaired) electrons. The molecule has 0 unspecified atom stereocenters. The van der Waals surface area contributed by atoms with E-state index in [-0.39, 0.29) is 6.54 Å². The van der Waals surface area contributed by atoms with Crippen molar-refractivity contribution in [3.8, 4) is 17.0 Å². The SMILES string of the molecule is COc1ccc2ccccc2c1-c1cc(CN(C)S(C)(=O)=O)on1. The highest BCUT2D eigenvalue weighted by Crippen LogP contribution is 2.36. The number of aromatic nitrogens is 1. The van der Waals surface area contributed by atoms with E-state index in [2.05, 4.69) is 5.16 Å². The van der Waals surface area contributed by atoms with E-state index in [4.69, 9.17) is 9.26 Å². The molecule has 0 spiro atoms. The number of methoxy groups -OCH3 is 1. The van der Waals surface area contributed by atoms with Gasteiger partial charge in [-0.15, -0.1) is 0 Å². The molecule has 6 nitrogen and oxygen atoms in total. The van der Waals surface area contributed by atoms with Crippen molar-refractivity contribution in [1.29, 1.82) is 0 Å². The molecule has 7 heteroatoms. The van der Waals surface area contributed by atoms with Crippen molar-refractivity contribution in [2.45, 2.75) is 6.54 Å². The molecule has 0 aliphatic rings. The number of sulfonamides is 1. The minimum atomic E-state index is -3.28. The van der Waals surface area contributed by atoms with Gasteiger partial charge in [0.2, 0.25) is 10.0 Å². The summed E-state index contributed by atoms with van der Waals surface area (Å²) in [5.74, 6) is 1.15. The molecule has 0 aliphatic carbocycles. The molecule has 0 saturated heterocycles. The maximum Gasteiger partial charge on any atom is 0.211 e. The zero-order valence-corrected chi connectivity index (χ0v) is 14.5. The zero-order valence-electron chi connectivity index (χ0n) is 13.7. The van der Waals surface area contributed by atoms with Crippen LogP contribution in [-0.2, 0) is 16.6 Å². The molecule has 1 heterocycles. The maximum atomic E-state index is 11.5. The Balaban J connectivity index is 2.06. The molecule has 0 aliphatic heterocycles. The zero-order chi connectivity index (χ0) is 17.3. The molecule has 2 aromatic carbocycles.